The number of carbonyl (C=O) groups is 1. The average molecular weight is 937 g/mol. The quantitative estimate of drug-likeness (QED) is 0.0187. The van der Waals surface area contributed by atoms with E-state index < -0.39 is 86.7 Å². The summed E-state index contributed by atoms with van der Waals surface area (Å²) in [4.78, 5) is 13.0. The lowest BCUT2D eigenvalue weighted by molar-refractivity contribution is -0.332. The number of allylic oxidation sites excluding steroid dienone is 12. The molecule has 11 atom stereocenters. The Labute approximate surface area is 396 Å². The molecule has 7 N–H and O–H groups in total. The zero-order valence-corrected chi connectivity index (χ0v) is 40.2. The van der Waals surface area contributed by atoms with E-state index in [1.165, 1.54) is 51.4 Å². The molecule has 0 saturated carbocycles. The Balaban J connectivity index is 1.80. The van der Waals surface area contributed by atoms with Crippen LogP contribution in [0.15, 0.2) is 72.9 Å². The summed E-state index contributed by atoms with van der Waals surface area (Å²) >= 11 is 0. The molecule has 2 aliphatic heterocycles. The van der Waals surface area contributed by atoms with Crippen molar-refractivity contribution in [1.82, 2.24) is 0 Å². The number of aliphatic hydroxyl groups excluding tert-OH is 7. The zero-order chi connectivity index (χ0) is 48.0. The lowest BCUT2D eigenvalue weighted by Gasteiger charge is -2.42. The number of unbranched alkanes of at least 4 members (excludes halogenated alkanes) is 12. The molecule has 2 saturated heterocycles. The van der Waals surface area contributed by atoms with E-state index in [9.17, 15) is 40.5 Å². The standard InChI is InChI=1S/C52H88O14/c1-3-5-7-9-11-13-15-17-18-19-20-21-22-23-24-26-28-30-32-34-36-61-38-41(64-44(54)35-33-31-29-27-25-16-14-12-10-8-6-4-2)39-62-51-50(60)48(58)46(56)43(66-51)40-63-52-49(59)47(57)45(55)42(37-53)65-52/h5,7,11,13,17-18,20-21,23-24,28,30,41-43,45-53,55-60H,3-4,6,8-10,12,14-16,19,22,25-27,29,31-40H2,1-2H3/b7-5-,13-11-,18-17-,21-20-,24-23-,30-28-. The van der Waals surface area contributed by atoms with Crippen LogP contribution in [0.2, 0.25) is 0 Å². The van der Waals surface area contributed by atoms with Gasteiger partial charge in [-0.15, -0.1) is 0 Å². The Morgan fingerprint density at radius 1 is 0.515 bits per heavy atom. The number of aliphatic hydroxyl groups is 7. The normalized spacial score (nSPS) is 26.9. The minimum absolute atomic E-state index is 0.0194. The SMILES string of the molecule is CC/C=C\C/C=C\C/C=C\C/C=C\C/C=C\C/C=C\CCCOCC(COC1OC(COC2OC(CO)C(O)C(O)C2O)C(O)C(O)C1O)OC(=O)CCCCCCCCCCCCCC. The predicted molar refractivity (Wildman–Crippen MR) is 256 cm³/mol. The second-order valence-corrected chi connectivity index (χ2v) is 17.3. The molecule has 0 aromatic carbocycles. The van der Waals surface area contributed by atoms with Crippen LogP contribution in [0, 0.1) is 0 Å². The number of hydrogen-bond acceptors (Lipinski definition) is 14. The molecule has 14 nitrogen and oxygen atoms in total. The van der Waals surface area contributed by atoms with Crippen molar-refractivity contribution in [3.8, 4) is 0 Å². The van der Waals surface area contributed by atoms with Crippen LogP contribution in [0.3, 0.4) is 0 Å². The van der Waals surface area contributed by atoms with E-state index in [0.29, 0.717) is 13.0 Å². The third-order valence-electron chi connectivity index (χ3n) is 11.5. The van der Waals surface area contributed by atoms with Crippen molar-refractivity contribution >= 4 is 5.97 Å². The summed E-state index contributed by atoms with van der Waals surface area (Å²) in [7, 11) is 0. The van der Waals surface area contributed by atoms with Crippen molar-refractivity contribution in [2.24, 2.45) is 0 Å². The van der Waals surface area contributed by atoms with Crippen LogP contribution in [0.25, 0.3) is 0 Å². The zero-order valence-electron chi connectivity index (χ0n) is 40.2. The molecule has 11 unspecified atom stereocenters. The topological polar surface area (TPSA) is 214 Å². The first-order valence-corrected chi connectivity index (χ1v) is 25.0. The molecule has 0 radical (unpaired) electrons. The summed E-state index contributed by atoms with van der Waals surface area (Å²) < 4.78 is 34.1. The second kappa shape index (κ2) is 39.3. The average Bonchev–Trinajstić information content (AvgIpc) is 3.31. The van der Waals surface area contributed by atoms with E-state index in [2.05, 4.69) is 86.8 Å². The van der Waals surface area contributed by atoms with Gasteiger partial charge in [0.05, 0.1) is 26.4 Å². The molecule has 2 heterocycles. The lowest BCUT2D eigenvalue weighted by atomic mass is 9.98. The minimum atomic E-state index is -1.72. The first-order chi connectivity index (χ1) is 32.1. The van der Waals surface area contributed by atoms with E-state index in [4.69, 9.17) is 28.4 Å². The molecule has 0 spiro atoms. The van der Waals surface area contributed by atoms with Crippen LogP contribution >= 0.6 is 0 Å². The van der Waals surface area contributed by atoms with Gasteiger partial charge in [-0.3, -0.25) is 4.79 Å². The Bertz CT molecular complexity index is 1360. The highest BCUT2D eigenvalue weighted by Crippen LogP contribution is 2.26. The number of hydrogen-bond donors (Lipinski definition) is 7. The Morgan fingerprint density at radius 3 is 1.48 bits per heavy atom. The van der Waals surface area contributed by atoms with Crippen molar-refractivity contribution in [3.63, 3.8) is 0 Å². The molecule has 14 heteroatoms. The van der Waals surface area contributed by atoms with Crippen molar-refractivity contribution in [2.75, 3.05) is 33.0 Å². The first kappa shape index (κ1) is 59.6. The van der Waals surface area contributed by atoms with E-state index >= 15 is 0 Å². The highest BCUT2D eigenvalue weighted by Gasteiger charge is 2.47. The molecule has 0 aromatic heterocycles. The van der Waals surface area contributed by atoms with Gasteiger partial charge in [-0.25, -0.2) is 0 Å². The third kappa shape index (κ3) is 26.8. The molecule has 380 valence electrons. The third-order valence-corrected chi connectivity index (χ3v) is 11.5. The Kier molecular flexibility index (Phi) is 35.5. The molecule has 0 aliphatic carbocycles. The predicted octanol–water partition coefficient (Wildman–Crippen LogP) is 7.12. The molecule has 0 aromatic rings. The van der Waals surface area contributed by atoms with Gasteiger partial charge in [0.25, 0.3) is 0 Å². The van der Waals surface area contributed by atoms with Gasteiger partial charge < -0.3 is 64.2 Å². The summed E-state index contributed by atoms with van der Waals surface area (Å²) in [6.45, 7) is 3.39. The molecule has 0 bridgehead atoms. The van der Waals surface area contributed by atoms with E-state index in [1.54, 1.807) is 0 Å². The van der Waals surface area contributed by atoms with Gasteiger partial charge >= 0.3 is 5.97 Å². The van der Waals surface area contributed by atoms with Crippen molar-refractivity contribution in [2.45, 2.75) is 216 Å². The minimum Gasteiger partial charge on any atom is -0.457 e. The van der Waals surface area contributed by atoms with Crippen molar-refractivity contribution < 1.29 is 69.0 Å². The highest BCUT2D eigenvalue weighted by molar-refractivity contribution is 5.69. The van der Waals surface area contributed by atoms with Gasteiger partial charge in [0.1, 0.15) is 54.9 Å². The summed E-state index contributed by atoms with van der Waals surface area (Å²) in [5, 5.41) is 72.0. The van der Waals surface area contributed by atoms with Gasteiger partial charge in [0, 0.05) is 13.0 Å². The van der Waals surface area contributed by atoms with Crippen molar-refractivity contribution in [1.29, 1.82) is 0 Å². The first-order valence-electron chi connectivity index (χ1n) is 25.0. The smallest absolute Gasteiger partial charge is 0.306 e. The summed E-state index contributed by atoms with van der Waals surface area (Å²) in [5.74, 6) is -0.399. The molecule has 2 rings (SSSR count). The number of ether oxygens (including phenoxy) is 6. The second-order valence-electron chi connectivity index (χ2n) is 17.3. The highest BCUT2D eigenvalue weighted by atomic mass is 16.7. The maximum absolute atomic E-state index is 13.0. The van der Waals surface area contributed by atoms with Crippen LogP contribution in [-0.2, 0) is 33.2 Å². The number of carbonyl (C=O) groups excluding carboxylic acids is 1. The number of rotatable bonds is 38. The molecular formula is C52H88O14. The van der Waals surface area contributed by atoms with E-state index in [1.807, 2.05) is 0 Å². The summed E-state index contributed by atoms with van der Waals surface area (Å²) in [6.07, 6.45) is 31.2. The van der Waals surface area contributed by atoms with Crippen LogP contribution in [0.5, 0.6) is 0 Å². The summed E-state index contributed by atoms with van der Waals surface area (Å²) in [5.41, 5.74) is 0. The van der Waals surface area contributed by atoms with Gasteiger partial charge in [-0.2, -0.15) is 0 Å². The molecule has 2 fully saturated rings. The van der Waals surface area contributed by atoms with E-state index in [-0.39, 0.29) is 19.6 Å². The molecule has 2 aliphatic rings. The van der Waals surface area contributed by atoms with Gasteiger partial charge in [-0.05, 0) is 57.8 Å². The fraction of sp³-hybridized carbons (Fsp3) is 0.750. The van der Waals surface area contributed by atoms with E-state index in [0.717, 1.165) is 70.6 Å². The molecular weight excluding hydrogens is 849 g/mol. The van der Waals surface area contributed by atoms with Crippen molar-refractivity contribution in [3.05, 3.63) is 72.9 Å². The lowest BCUT2D eigenvalue weighted by Crippen LogP contribution is -2.61. The monoisotopic (exact) mass is 937 g/mol. The van der Waals surface area contributed by atoms with Gasteiger partial charge in [0.15, 0.2) is 12.6 Å². The maximum Gasteiger partial charge on any atom is 0.306 e. The van der Waals surface area contributed by atoms with Gasteiger partial charge in [0.2, 0.25) is 0 Å². The Morgan fingerprint density at radius 2 is 0.970 bits per heavy atom. The van der Waals surface area contributed by atoms with Gasteiger partial charge in [-0.1, -0.05) is 157 Å². The Hall–Kier alpha value is -2.57. The molecule has 0 amide bonds. The largest absolute Gasteiger partial charge is 0.457 e. The summed E-state index contributed by atoms with van der Waals surface area (Å²) in [6, 6.07) is 0. The number of esters is 1. The van der Waals surface area contributed by atoms with Crippen LogP contribution < -0.4 is 0 Å². The molecule has 66 heavy (non-hydrogen) atoms. The van der Waals surface area contributed by atoms with Crippen LogP contribution in [0.4, 0.5) is 0 Å². The fourth-order valence-electron chi connectivity index (χ4n) is 7.42. The van der Waals surface area contributed by atoms with Crippen LogP contribution in [0.1, 0.15) is 149 Å². The van der Waals surface area contributed by atoms with Crippen LogP contribution in [-0.4, -0.2) is 142 Å². The fourth-order valence-corrected chi connectivity index (χ4v) is 7.42. The maximum atomic E-state index is 13.0.